The molecule has 7 heteroatoms. The fourth-order valence-electron chi connectivity index (χ4n) is 1.90. The highest BCUT2D eigenvalue weighted by Gasteiger charge is 2.19. The lowest BCUT2D eigenvalue weighted by molar-refractivity contribution is 0.470. The Morgan fingerprint density at radius 2 is 1.80 bits per heavy atom. The van der Waals surface area contributed by atoms with Crippen molar-refractivity contribution >= 4 is 90.3 Å². The molecular formula is C13H4ClI3O3. The molecule has 3 rings (SSSR count). The summed E-state index contributed by atoms with van der Waals surface area (Å²) >= 11 is 12.0. The third-order valence-electron chi connectivity index (χ3n) is 2.85. The van der Waals surface area contributed by atoms with Crippen LogP contribution in [-0.2, 0) is 0 Å². The summed E-state index contributed by atoms with van der Waals surface area (Å²) in [6.07, 6.45) is 0. The second kappa shape index (κ2) is 5.43. The van der Waals surface area contributed by atoms with E-state index in [1.165, 1.54) is 0 Å². The maximum absolute atomic E-state index is 12.0. The summed E-state index contributed by atoms with van der Waals surface area (Å²) in [5.41, 5.74) is 1.32. The predicted molar refractivity (Wildman–Crippen MR) is 104 cm³/mol. The zero-order valence-electron chi connectivity index (χ0n) is 9.51. The molecular weight excluding hydrogens is 620 g/mol. The molecule has 0 fully saturated rings. The van der Waals surface area contributed by atoms with Crippen molar-refractivity contribution in [2.75, 3.05) is 0 Å². The minimum Gasteiger partial charge on any atom is -0.505 e. The first-order valence-electron chi connectivity index (χ1n) is 5.32. The van der Waals surface area contributed by atoms with Gasteiger partial charge in [-0.05, 0) is 86.0 Å². The van der Waals surface area contributed by atoms with Crippen LogP contribution in [0.25, 0.3) is 22.3 Å². The second-order valence-electron chi connectivity index (χ2n) is 4.11. The Bertz CT molecular complexity index is 889. The number of hydrogen-bond acceptors (Lipinski definition) is 3. The first kappa shape index (κ1) is 15.1. The zero-order chi connectivity index (χ0) is 14.6. The number of phenolic OH excluding ortho intramolecular Hbond substituents is 1. The van der Waals surface area contributed by atoms with Crippen molar-refractivity contribution < 1.29 is 9.52 Å². The molecule has 0 saturated heterocycles. The lowest BCUT2D eigenvalue weighted by Crippen LogP contribution is -2.11. The topological polar surface area (TPSA) is 50.4 Å². The summed E-state index contributed by atoms with van der Waals surface area (Å²) in [5, 5.41) is 10.9. The highest BCUT2D eigenvalue weighted by molar-refractivity contribution is 14.1. The van der Waals surface area contributed by atoms with Crippen LogP contribution in [0, 0.1) is 10.7 Å². The standard InChI is InChI=1S/C13H4ClI3O3/c14-6-2-4-1-5-3-7(15)11(19)9(17)13(5)20-12(4)8(16)10(6)18/h1-3,18H. The molecule has 0 unspecified atom stereocenters. The Morgan fingerprint density at radius 3 is 2.50 bits per heavy atom. The summed E-state index contributed by atoms with van der Waals surface area (Å²) < 4.78 is 7.56. The molecule has 2 aliphatic rings. The fraction of sp³-hybridized carbons (Fsp3) is 0. The third kappa shape index (κ3) is 2.31. The molecule has 102 valence electrons. The Labute approximate surface area is 159 Å². The molecule has 0 spiro atoms. The van der Waals surface area contributed by atoms with E-state index >= 15 is 0 Å². The van der Waals surface area contributed by atoms with Crippen molar-refractivity contribution in [2.45, 2.75) is 0 Å². The van der Waals surface area contributed by atoms with Gasteiger partial charge in [-0.25, -0.2) is 0 Å². The number of rotatable bonds is 0. The Kier molecular flexibility index (Phi) is 4.10. The molecule has 0 bridgehead atoms. The van der Waals surface area contributed by atoms with E-state index in [1.807, 2.05) is 73.8 Å². The SMILES string of the molecule is O=c1c(I)cc2cc3cc(Cl)c(O)c(I)c3oc-2c1I. The van der Waals surface area contributed by atoms with Crippen LogP contribution in [0.4, 0.5) is 0 Å². The van der Waals surface area contributed by atoms with E-state index in [2.05, 4.69) is 0 Å². The maximum Gasteiger partial charge on any atom is 0.209 e. The first-order valence-corrected chi connectivity index (χ1v) is 8.94. The van der Waals surface area contributed by atoms with E-state index < -0.39 is 0 Å². The zero-order valence-corrected chi connectivity index (χ0v) is 16.7. The average molecular weight is 624 g/mol. The van der Waals surface area contributed by atoms with Crippen LogP contribution >= 0.6 is 79.4 Å². The third-order valence-corrected chi connectivity index (χ3v) is 5.92. The molecule has 20 heavy (non-hydrogen) atoms. The highest BCUT2D eigenvalue weighted by Crippen LogP contribution is 2.39. The summed E-state index contributed by atoms with van der Waals surface area (Å²) in [6, 6.07) is 5.35. The summed E-state index contributed by atoms with van der Waals surface area (Å²) in [5.74, 6) is 0.522. The van der Waals surface area contributed by atoms with Crippen molar-refractivity contribution in [3.63, 3.8) is 0 Å². The quantitative estimate of drug-likeness (QED) is 0.281. The molecule has 3 nitrogen and oxygen atoms in total. The molecule has 1 aliphatic heterocycles. The van der Waals surface area contributed by atoms with Gasteiger partial charge in [0.25, 0.3) is 0 Å². The molecule has 0 saturated carbocycles. The highest BCUT2D eigenvalue weighted by atomic mass is 127. The molecule has 0 aromatic heterocycles. The van der Waals surface area contributed by atoms with Gasteiger partial charge in [-0.1, -0.05) is 11.6 Å². The van der Waals surface area contributed by atoms with Crippen LogP contribution in [0.15, 0.2) is 27.4 Å². The van der Waals surface area contributed by atoms with E-state index in [4.69, 9.17) is 16.0 Å². The van der Waals surface area contributed by atoms with Crippen molar-refractivity contribution in [1.29, 1.82) is 0 Å². The summed E-state index contributed by atoms with van der Waals surface area (Å²) in [7, 11) is 0. The summed E-state index contributed by atoms with van der Waals surface area (Å²) in [6.45, 7) is 0. The van der Waals surface area contributed by atoms with Gasteiger partial charge in [-0.15, -0.1) is 0 Å². The number of fused-ring (bicyclic) bond motifs is 2. The van der Waals surface area contributed by atoms with Gasteiger partial charge >= 0.3 is 0 Å². The molecule has 1 aromatic rings. The number of halogens is 4. The summed E-state index contributed by atoms with van der Waals surface area (Å²) in [4.78, 5) is 12.0. The first-order chi connectivity index (χ1) is 9.40. The van der Waals surface area contributed by atoms with Gasteiger partial charge in [0.15, 0.2) is 17.1 Å². The maximum atomic E-state index is 12.0. The van der Waals surface area contributed by atoms with Crippen LogP contribution in [0.5, 0.6) is 5.75 Å². The van der Waals surface area contributed by atoms with E-state index in [0.717, 1.165) is 10.9 Å². The van der Waals surface area contributed by atoms with Crippen molar-refractivity contribution in [1.82, 2.24) is 0 Å². The normalized spacial score (nSPS) is 11.4. The van der Waals surface area contributed by atoms with Crippen LogP contribution in [-0.4, -0.2) is 5.11 Å². The largest absolute Gasteiger partial charge is 0.505 e. The molecule has 0 radical (unpaired) electrons. The molecule has 0 atom stereocenters. The smallest absolute Gasteiger partial charge is 0.209 e. The average Bonchev–Trinajstić information content (AvgIpc) is 2.41. The van der Waals surface area contributed by atoms with Crippen LogP contribution in [0.1, 0.15) is 0 Å². The van der Waals surface area contributed by atoms with Gasteiger partial charge in [-0.2, -0.15) is 0 Å². The molecule has 1 heterocycles. The lowest BCUT2D eigenvalue weighted by atomic mass is 10.1. The van der Waals surface area contributed by atoms with Gasteiger partial charge < -0.3 is 9.52 Å². The molecule has 1 aromatic carbocycles. The number of benzene rings is 2. The van der Waals surface area contributed by atoms with Crippen molar-refractivity contribution in [3.8, 4) is 17.1 Å². The van der Waals surface area contributed by atoms with E-state index in [9.17, 15) is 9.90 Å². The lowest BCUT2D eigenvalue weighted by Gasteiger charge is -2.11. The second-order valence-corrected chi connectivity index (χ2v) is 7.83. The van der Waals surface area contributed by atoms with Crippen molar-refractivity contribution in [3.05, 3.63) is 44.2 Å². The minimum atomic E-state index is -0.0463. The molecule has 0 amide bonds. The van der Waals surface area contributed by atoms with E-state index in [-0.39, 0.29) is 16.2 Å². The van der Waals surface area contributed by atoms with Gasteiger partial charge in [0, 0.05) is 10.9 Å². The predicted octanol–water partition coefficient (Wildman–Crippen LogP) is 5.07. The minimum absolute atomic E-state index is 0.00858. The number of hydrogen-bond donors (Lipinski definition) is 1. The molecule has 1 N–H and O–H groups in total. The fourth-order valence-corrected chi connectivity index (χ4v) is 4.82. The number of phenols is 1. The van der Waals surface area contributed by atoms with Gasteiger partial charge in [-0.3, -0.25) is 4.79 Å². The Morgan fingerprint density at radius 1 is 1.10 bits per heavy atom. The van der Waals surface area contributed by atoms with Crippen LogP contribution in [0.2, 0.25) is 5.02 Å². The van der Waals surface area contributed by atoms with Gasteiger partial charge in [0.05, 0.1) is 12.2 Å². The molecule has 1 aliphatic carbocycles. The Hall–Kier alpha value is 0.190. The van der Waals surface area contributed by atoms with Gasteiger partial charge in [0.2, 0.25) is 5.43 Å². The van der Waals surface area contributed by atoms with Crippen LogP contribution in [0.3, 0.4) is 0 Å². The monoisotopic (exact) mass is 624 g/mol. The van der Waals surface area contributed by atoms with Gasteiger partial charge in [0.1, 0.15) is 3.57 Å². The van der Waals surface area contributed by atoms with E-state index in [0.29, 0.717) is 22.1 Å². The number of aromatic hydroxyl groups is 1. The van der Waals surface area contributed by atoms with E-state index in [1.54, 1.807) is 12.1 Å². The Balaban J connectivity index is 2.55. The van der Waals surface area contributed by atoms with Crippen molar-refractivity contribution in [2.24, 2.45) is 0 Å². The van der Waals surface area contributed by atoms with Crippen LogP contribution < -0.4 is 5.43 Å².